The quantitative estimate of drug-likeness (QED) is 0.628. The first-order chi connectivity index (χ1) is 11.1. The van der Waals surface area contributed by atoms with Gasteiger partial charge in [0.15, 0.2) is 0 Å². The Hall–Kier alpha value is -2.23. The summed E-state index contributed by atoms with van der Waals surface area (Å²) in [6, 6.07) is 13.1. The molecule has 0 atom stereocenters. The first-order valence-electron chi connectivity index (χ1n) is 6.98. The molecule has 0 aliphatic heterocycles. The number of rotatable bonds is 5. The van der Waals surface area contributed by atoms with E-state index >= 15 is 0 Å². The van der Waals surface area contributed by atoms with Gasteiger partial charge in [-0.1, -0.05) is 48.0 Å². The lowest BCUT2D eigenvalue weighted by Gasteiger charge is -2.14. The van der Waals surface area contributed by atoms with Gasteiger partial charge in [-0.3, -0.25) is 0 Å². The molecule has 0 bridgehead atoms. The van der Waals surface area contributed by atoms with Crippen molar-refractivity contribution >= 4 is 28.9 Å². The first kappa shape index (κ1) is 15.7. The highest BCUT2D eigenvalue weighted by Gasteiger charge is 2.09. The molecule has 3 rings (SSSR count). The van der Waals surface area contributed by atoms with Gasteiger partial charge in [-0.2, -0.15) is 0 Å². The summed E-state index contributed by atoms with van der Waals surface area (Å²) in [4.78, 5) is 4.04. The molecule has 1 heterocycles. The fourth-order valence-electron chi connectivity index (χ4n) is 2.18. The van der Waals surface area contributed by atoms with Crippen LogP contribution in [-0.4, -0.2) is 9.55 Å². The normalized spacial score (nSPS) is 10.5. The van der Waals surface area contributed by atoms with Crippen molar-refractivity contribution in [3.8, 4) is 5.75 Å². The largest absolute Gasteiger partial charge is 0.488 e. The predicted octanol–water partition coefficient (Wildman–Crippen LogP) is 5.29. The van der Waals surface area contributed by atoms with E-state index < -0.39 is 0 Å². The van der Waals surface area contributed by atoms with Crippen LogP contribution in [0.4, 0.5) is 0 Å². The molecule has 0 radical (unpaired) electrons. The lowest BCUT2D eigenvalue weighted by molar-refractivity contribution is 0.305. The molecule has 23 heavy (non-hydrogen) atoms. The third kappa shape index (κ3) is 3.58. The fourth-order valence-corrected chi connectivity index (χ4v) is 2.65. The number of hydrogen-bond acceptors (Lipinski definition) is 2. The van der Waals surface area contributed by atoms with Crippen LogP contribution in [0.5, 0.6) is 5.75 Å². The van der Waals surface area contributed by atoms with Gasteiger partial charge < -0.3 is 9.30 Å². The number of para-hydroxylation sites is 1. The maximum Gasteiger partial charge on any atom is 0.129 e. The van der Waals surface area contributed by atoms with Crippen LogP contribution in [0, 0.1) is 0 Å². The topological polar surface area (TPSA) is 27.1 Å². The lowest BCUT2D eigenvalue weighted by atomic mass is 10.1. The van der Waals surface area contributed by atoms with Crippen molar-refractivity contribution in [3.63, 3.8) is 0 Å². The zero-order valence-corrected chi connectivity index (χ0v) is 13.8. The van der Waals surface area contributed by atoms with Gasteiger partial charge in [-0.15, -0.1) is 0 Å². The monoisotopic (exact) mass is 344 g/mol. The second-order valence-electron chi connectivity index (χ2n) is 4.94. The number of aromatic nitrogens is 2. The highest BCUT2D eigenvalue weighted by atomic mass is 35.5. The van der Waals surface area contributed by atoms with Crippen molar-refractivity contribution < 1.29 is 4.74 Å². The van der Waals surface area contributed by atoms with Crippen LogP contribution in [0.2, 0.25) is 10.0 Å². The Morgan fingerprint density at radius 3 is 2.74 bits per heavy atom. The molecule has 0 unspecified atom stereocenters. The standard InChI is InChI=1S/C18H14Cl2N2O/c1-13(22-9-8-21-12-22)16-4-2-3-5-18(16)23-11-14-6-7-15(19)10-17(14)20/h2-10,12H,1,11H2. The number of ether oxygens (including phenoxy) is 1. The number of hydrogen-bond donors (Lipinski definition) is 0. The van der Waals surface area contributed by atoms with Crippen molar-refractivity contribution in [2.24, 2.45) is 0 Å². The van der Waals surface area contributed by atoms with E-state index in [2.05, 4.69) is 11.6 Å². The summed E-state index contributed by atoms with van der Waals surface area (Å²) in [5.41, 5.74) is 2.56. The van der Waals surface area contributed by atoms with Crippen molar-refractivity contribution in [1.29, 1.82) is 0 Å². The van der Waals surface area contributed by atoms with E-state index in [1.165, 1.54) is 0 Å². The van der Waals surface area contributed by atoms with Gasteiger partial charge in [-0.25, -0.2) is 4.98 Å². The summed E-state index contributed by atoms with van der Waals surface area (Å²) in [5.74, 6) is 0.734. The van der Waals surface area contributed by atoms with E-state index in [1.807, 2.05) is 41.1 Å². The van der Waals surface area contributed by atoms with Crippen LogP contribution in [-0.2, 0) is 6.61 Å². The van der Waals surface area contributed by atoms with Crippen LogP contribution in [0.25, 0.3) is 5.70 Å². The van der Waals surface area contributed by atoms with E-state index in [0.29, 0.717) is 16.7 Å². The van der Waals surface area contributed by atoms with Crippen LogP contribution in [0.15, 0.2) is 67.8 Å². The summed E-state index contributed by atoms with van der Waals surface area (Å²) in [5, 5.41) is 1.19. The van der Waals surface area contributed by atoms with Crippen molar-refractivity contribution in [3.05, 3.63) is 88.9 Å². The molecule has 5 heteroatoms. The molecule has 3 nitrogen and oxygen atoms in total. The number of imidazole rings is 1. The Morgan fingerprint density at radius 2 is 2.00 bits per heavy atom. The molecular weight excluding hydrogens is 331 g/mol. The van der Waals surface area contributed by atoms with Gasteiger partial charge in [0.1, 0.15) is 12.4 Å². The van der Waals surface area contributed by atoms with E-state index in [-0.39, 0.29) is 0 Å². The second-order valence-corrected chi connectivity index (χ2v) is 5.78. The molecule has 0 saturated carbocycles. The van der Waals surface area contributed by atoms with E-state index in [0.717, 1.165) is 22.6 Å². The highest BCUT2D eigenvalue weighted by molar-refractivity contribution is 6.35. The van der Waals surface area contributed by atoms with Gasteiger partial charge in [0, 0.05) is 33.6 Å². The van der Waals surface area contributed by atoms with E-state index in [1.54, 1.807) is 24.7 Å². The fraction of sp³-hybridized carbons (Fsp3) is 0.0556. The van der Waals surface area contributed by atoms with Gasteiger partial charge in [-0.05, 0) is 24.3 Å². The Labute approximate surface area is 144 Å². The summed E-state index contributed by atoms with van der Waals surface area (Å²) in [6.45, 7) is 4.46. The predicted molar refractivity (Wildman–Crippen MR) is 93.9 cm³/mol. The summed E-state index contributed by atoms with van der Waals surface area (Å²) in [7, 11) is 0. The zero-order chi connectivity index (χ0) is 16.2. The highest BCUT2D eigenvalue weighted by Crippen LogP contribution is 2.28. The van der Waals surface area contributed by atoms with Gasteiger partial charge in [0.25, 0.3) is 0 Å². The van der Waals surface area contributed by atoms with Gasteiger partial charge in [0.2, 0.25) is 0 Å². The van der Waals surface area contributed by atoms with E-state index in [4.69, 9.17) is 27.9 Å². The first-order valence-corrected chi connectivity index (χ1v) is 7.74. The molecule has 0 saturated heterocycles. The third-order valence-electron chi connectivity index (χ3n) is 3.41. The Kier molecular flexibility index (Phi) is 4.70. The molecule has 116 valence electrons. The molecule has 0 N–H and O–H groups in total. The maximum absolute atomic E-state index is 6.18. The maximum atomic E-state index is 6.18. The smallest absolute Gasteiger partial charge is 0.129 e. The molecule has 0 spiro atoms. The molecule has 0 amide bonds. The summed E-state index contributed by atoms with van der Waals surface area (Å²) >= 11 is 12.1. The lowest BCUT2D eigenvalue weighted by Crippen LogP contribution is -2.01. The third-order valence-corrected chi connectivity index (χ3v) is 4.00. The van der Waals surface area contributed by atoms with Crippen molar-refractivity contribution in [2.45, 2.75) is 6.61 Å². The Balaban J connectivity index is 1.82. The number of halogens is 2. The summed E-state index contributed by atoms with van der Waals surface area (Å²) < 4.78 is 7.79. The average molecular weight is 345 g/mol. The molecule has 0 aliphatic carbocycles. The molecule has 2 aromatic carbocycles. The molecule has 3 aromatic rings. The van der Waals surface area contributed by atoms with Crippen LogP contribution in [0.1, 0.15) is 11.1 Å². The summed E-state index contributed by atoms with van der Waals surface area (Å²) in [6.07, 6.45) is 5.26. The second kappa shape index (κ2) is 6.90. The Bertz CT molecular complexity index is 829. The van der Waals surface area contributed by atoms with Crippen molar-refractivity contribution in [2.75, 3.05) is 0 Å². The minimum absolute atomic E-state index is 0.351. The van der Waals surface area contributed by atoms with Crippen LogP contribution in [0.3, 0.4) is 0 Å². The average Bonchev–Trinajstić information content (AvgIpc) is 3.08. The van der Waals surface area contributed by atoms with Gasteiger partial charge in [0.05, 0.1) is 12.0 Å². The van der Waals surface area contributed by atoms with Crippen LogP contribution < -0.4 is 4.74 Å². The van der Waals surface area contributed by atoms with Gasteiger partial charge >= 0.3 is 0 Å². The SMILES string of the molecule is C=C(c1ccccc1OCc1ccc(Cl)cc1Cl)n1ccnc1. The number of benzene rings is 2. The van der Waals surface area contributed by atoms with E-state index in [9.17, 15) is 0 Å². The van der Waals surface area contributed by atoms with Crippen LogP contribution >= 0.6 is 23.2 Å². The van der Waals surface area contributed by atoms with Crippen molar-refractivity contribution in [1.82, 2.24) is 9.55 Å². The molecule has 0 aliphatic rings. The zero-order valence-electron chi connectivity index (χ0n) is 12.2. The minimum Gasteiger partial charge on any atom is -0.488 e. The molecule has 1 aromatic heterocycles. The Morgan fingerprint density at radius 1 is 1.17 bits per heavy atom. The number of nitrogens with zero attached hydrogens (tertiary/aromatic N) is 2. The molecular formula is C18H14Cl2N2O. The minimum atomic E-state index is 0.351. The molecule has 0 fully saturated rings.